The van der Waals surface area contributed by atoms with Crippen LogP contribution >= 0.6 is 27.7 Å². The van der Waals surface area contributed by atoms with Gasteiger partial charge in [0.1, 0.15) is 0 Å². The number of methoxy groups -OCH3 is 1. The van der Waals surface area contributed by atoms with Crippen LogP contribution in [0.25, 0.3) is 11.1 Å². The Labute approximate surface area is 173 Å². The number of carbonyl (C=O) groups excluding carboxylic acids is 1. The predicted molar refractivity (Wildman–Crippen MR) is 116 cm³/mol. The molecule has 138 valence electrons. The van der Waals surface area contributed by atoms with Crippen LogP contribution in [-0.2, 0) is 11.2 Å². The highest BCUT2D eigenvalue weighted by atomic mass is 79.9. The maximum Gasteiger partial charge on any atom is 0.339 e. The summed E-state index contributed by atoms with van der Waals surface area (Å²) in [6, 6.07) is 22.3. The van der Waals surface area contributed by atoms with E-state index in [1.807, 2.05) is 36.4 Å². The zero-order valence-electron chi connectivity index (χ0n) is 15.4. The zero-order valence-corrected chi connectivity index (χ0v) is 17.8. The third-order valence-corrected chi connectivity index (χ3v) is 5.84. The van der Waals surface area contributed by atoms with E-state index >= 15 is 0 Å². The number of aryl methyl sites for hydroxylation is 1. The molecule has 0 aliphatic heterocycles. The minimum atomic E-state index is -0.303. The Hall–Kier alpha value is -2.04. The van der Waals surface area contributed by atoms with Gasteiger partial charge in [-0.05, 0) is 48.2 Å². The molecule has 0 amide bonds. The Kier molecular flexibility index (Phi) is 6.75. The Bertz CT molecular complexity index is 924. The summed E-state index contributed by atoms with van der Waals surface area (Å²) in [5.41, 5.74) is 5.00. The van der Waals surface area contributed by atoms with E-state index in [2.05, 4.69) is 53.2 Å². The minimum absolute atomic E-state index is 0.303. The van der Waals surface area contributed by atoms with Crippen molar-refractivity contribution in [2.75, 3.05) is 12.4 Å². The third kappa shape index (κ3) is 4.45. The van der Waals surface area contributed by atoms with Gasteiger partial charge in [0.15, 0.2) is 0 Å². The fraction of sp³-hybridized carbons (Fsp3) is 0.174. The number of halogens is 1. The number of alkyl halides is 1. The van der Waals surface area contributed by atoms with E-state index in [0.717, 1.165) is 32.7 Å². The van der Waals surface area contributed by atoms with Crippen molar-refractivity contribution in [1.29, 1.82) is 0 Å². The summed E-state index contributed by atoms with van der Waals surface area (Å²) in [7, 11) is 1.44. The number of ether oxygens (including phenoxy) is 1. The molecule has 0 unspecified atom stereocenters. The lowest BCUT2D eigenvalue weighted by Crippen LogP contribution is -2.10. The summed E-state index contributed by atoms with van der Waals surface area (Å²) in [4.78, 5) is 14.9. The molecule has 0 heterocycles. The zero-order chi connectivity index (χ0) is 19.2. The highest BCUT2D eigenvalue weighted by Gasteiger charge is 2.23. The van der Waals surface area contributed by atoms with Crippen molar-refractivity contribution in [3.8, 4) is 11.1 Å². The Balaban J connectivity index is 2.28. The van der Waals surface area contributed by atoms with Gasteiger partial charge in [-0.2, -0.15) is 0 Å². The number of carbonyl (C=O) groups is 1. The highest BCUT2D eigenvalue weighted by molar-refractivity contribution is 9.09. The summed E-state index contributed by atoms with van der Waals surface area (Å²) < 4.78 is 5.19. The number of hydrogen-bond acceptors (Lipinski definition) is 3. The van der Waals surface area contributed by atoms with E-state index in [1.54, 1.807) is 11.8 Å². The van der Waals surface area contributed by atoms with E-state index in [9.17, 15) is 4.79 Å². The second kappa shape index (κ2) is 9.25. The first-order valence-electron chi connectivity index (χ1n) is 8.74. The van der Waals surface area contributed by atoms with E-state index in [0.29, 0.717) is 5.56 Å². The lowest BCUT2D eigenvalue weighted by atomic mass is 9.90. The van der Waals surface area contributed by atoms with Crippen LogP contribution < -0.4 is 0 Å². The fourth-order valence-electron chi connectivity index (χ4n) is 3.17. The van der Waals surface area contributed by atoms with Crippen LogP contribution in [0.1, 0.15) is 21.5 Å². The summed E-state index contributed by atoms with van der Waals surface area (Å²) in [5, 5.41) is 0.833. The van der Waals surface area contributed by atoms with Gasteiger partial charge in [-0.25, -0.2) is 4.79 Å². The SMILES string of the molecule is COC(=O)c1c(Sc2ccccc2)cc(C)c(CCBr)c1-c1ccccc1. The molecule has 0 aliphatic rings. The summed E-state index contributed by atoms with van der Waals surface area (Å²) in [6.45, 7) is 2.11. The van der Waals surface area contributed by atoms with E-state index in [1.165, 1.54) is 18.2 Å². The molecule has 0 saturated carbocycles. The molecule has 3 aromatic carbocycles. The lowest BCUT2D eigenvalue weighted by Gasteiger charge is -2.20. The smallest absolute Gasteiger partial charge is 0.339 e. The van der Waals surface area contributed by atoms with Crippen LogP contribution in [0, 0.1) is 6.92 Å². The highest BCUT2D eigenvalue weighted by Crippen LogP contribution is 2.40. The van der Waals surface area contributed by atoms with Gasteiger partial charge in [-0.3, -0.25) is 0 Å². The molecule has 0 aromatic heterocycles. The van der Waals surface area contributed by atoms with Gasteiger partial charge in [0, 0.05) is 20.7 Å². The van der Waals surface area contributed by atoms with Crippen molar-refractivity contribution in [3.05, 3.63) is 83.4 Å². The maximum absolute atomic E-state index is 12.8. The molecule has 0 saturated heterocycles. The molecule has 0 spiro atoms. The topological polar surface area (TPSA) is 26.3 Å². The Morgan fingerprint density at radius 3 is 2.26 bits per heavy atom. The molecule has 0 atom stereocenters. The van der Waals surface area contributed by atoms with Crippen LogP contribution in [0.5, 0.6) is 0 Å². The van der Waals surface area contributed by atoms with Crippen molar-refractivity contribution in [2.45, 2.75) is 23.1 Å². The number of esters is 1. The quantitative estimate of drug-likeness (QED) is 0.321. The molecule has 0 N–H and O–H groups in total. The molecule has 0 radical (unpaired) electrons. The second-order valence-corrected chi connectivity index (χ2v) is 8.04. The van der Waals surface area contributed by atoms with Gasteiger partial charge in [-0.15, -0.1) is 0 Å². The van der Waals surface area contributed by atoms with Crippen LogP contribution in [-0.4, -0.2) is 18.4 Å². The van der Waals surface area contributed by atoms with Gasteiger partial charge >= 0.3 is 5.97 Å². The van der Waals surface area contributed by atoms with Crippen molar-refractivity contribution in [1.82, 2.24) is 0 Å². The van der Waals surface area contributed by atoms with Crippen LogP contribution in [0.4, 0.5) is 0 Å². The number of hydrogen-bond donors (Lipinski definition) is 0. The van der Waals surface area contributed by atoms with Gasteiger partial charge in [0.05, 0.1) is 12.7 Å². The molecule has 27 heavy (non-hydrogen) atoms. The Morgan fingerprint density at radius 1 is 1.04 bits per heavy atom. The number of benzene rings is 3. The van der Waals surface area contributed by atoms with Crippen LogP contribution in [0.3, 0.4) is 0 Å². The second-order valence-electron chi connectivity index (χ2n) is 6.13. The maximum atomic E-state index is 12.8. The summed E-state index contributed by atoms with van der Waals surface area (Å²) in [5.74, 6) is -0.303. The van der Waals surface area contributed by atoms with Crippen LogP contribution in [0.2, 0.25) is 0 Å². The molecule has 3 rings (SSSR count). The average Bonchev–Trinajstić information content (AvgIpc) is 2.70. The largest absolute Gasteiger partial charge is 0.465 e. The van der Waals surface area contributed by atoms with E-state index < -0.39 is 0 Å². The Morgan fingerprint density at radius 2 is 1.67 bits per heavy atom. The first kappa shape index (κ1) is 19.7. The molecule has 0 aliphatic carbocycles. The molecular formula is C23H21BrO2S. The van der Waals surface area contributed by atoms with Gasteiger partial charge in [-0.1, -0.05) is 76.2 Å². The van der Waals surface area contributed by atoms with E-state index in [-0.39, 0.29) is 5.97 Å². The first-order chi connectivity index (χ1) is 13.2. The molecule has 0 bridgehead atoms. The monoisotopic (exact) mass is 440 g/mol. The normalized spacial score (nSPS) is 10.6. The number of rotatable bonds is 6. The van der Waals surface area contributed by atoms with Gasteiger partial charge in [0.25, 0.3) is 0 Å². The van der Waals surface area contributed by atoms with Gasteiger partial charge < -0.3 is 4.74 Å². The third-order valence-electron chi connectivity index (χ3n) is 4.39. The molecule has 3 aromatic rings. The van der Waals surface area contributed by atoms with E-state index in [4.69, 9.17) is 4.74 Å². The average molecular weight is 441 g/mol. The lowest BCUT2D eigenvalue weighted by molar-refractivity contribution is 0.0597. The first-order valence-corrected chi connectivity index (χ1v) is 10.7. The standard InChI is InChI=1S/C23H21BrO2S/c1-16-15-20(27-18-11-7-4-8-12-18)22(23(25)26-2)21(19(16)13-14-24)17-9-5-3-6-10-17/h3-12,15H,13-14H2,1-2H3. The molecule has 0 fully saturated rings. The summed E-state index contributed by atoms with van der Waals surface area (Å²) in [6.07, 6.45) is 0.844. The van der Waals surface area contributed by atoms with Crippen molar-refractivity contribution < 1.29 is 9.53 Å². The fourth-order valence-corrected chi connectivity index (χ4v) is 4.63. The predicted octanol–water partition coefficient (Wildman–Crippen LogP) is 6.54. The van der Waals surface area contributed by atoms with Crippen molar-refractivity contribution in [3.63, 3.8) is 0 Å². The van der Waals surface area contributed by atoms with Crippen molar-refractivity contribution >= 4 is 33.7 Å². The van der Waals surface area contributed by atoms with Gasteiger partial charge in [0.2, 0.25) is 0 Å². The van der Waals surface area contributed by atoms with Crippen LogP contribution in [0.15, 0.2) is 76.5 Å². The van der Waals surface area contributed by atoms with Crippen molar-refractivity contribution in [2.24, 2.45) is 0 Å². The summed E-state index contributed by atoms with van der Waals surface area (Å²) >= 11 is 5.15. The minimum Gasteiger partial charge on any atom is -0.465 e. The molecule has 4 heteroatoms. The molecule has 2 nitrogen and oxygen atoms in total. The molecular weight excluding hydrogens is 420 g/mol.